The average molecular weight is 493 g/mol. The summed E-state index contributed by atoms with van der Waals surface area (Å²) in [4.78, 5) is 71.3. The van der Waals surface area contributed by atoms with Crippen LogP contribution in [-0.2, 0) is 28.8 Å². The van der Waals surface area contributed by atoms with Crippen LogP contribution in [0.4, 0.5) is 0 Å². The van der Waals surface area contributed by atoms with Crippen LogP contribution in [0.2, 0.25) is 0 Å². The van der Waals surface area contributed by atoms with Gasteiger partial charge in [-0.1, -0.05) is 0 Å². The summed E-state index contributed by atoms with van der Waals surface area (Å²) in [5, 5.41) is 25.3. The van der Waals surface area contributed by atoms with E-state index in [1.807, 2.05) is 6.26 Å². The fourth-order valence-corrected chi connectivity index (χ4v) is 3.03. The molecule has 0 spiro atoms. The Morgan fingerprint density at radius 2 is 1.42 bits per heavy atom. The fraction of sp³-hybridized carbons (Fsp3) is 0.667. The molecular formula is C18H32N6O8S. The predicted octanol–water partition coefficient (Wildman–Crippen LogP) is -3.87. The molecule has 0 bridgehead atoms. The first-order valence-corrected chi connectivity index (χ1v) is 11.3. The monoisotopic (exact) mass is 492 g/mol. The Kier molecular flexibility index (Phi) is 13.7. The average Bonchev–Trinajstić information content (AvgIpc) is 2.71. The lowest BCUT2D eigenvalue weighted by Crippen LogP contribution is -2.58. The zero-order chi connectivity index (χ0) is 25.7. The molecule has 0 aliphatic heterocycles. The van der Waals surface area contributed by atoms with Crippen LogP contribution in [-0.4, -0.2) is 88.0 Å². The van der Waals surface area contributed by atoms with Crippen molar-refractivity contribution in [3.05, 3.63) is 0 Å². The number of rotatable bonds is 16. The van der Waals surface area contributed by atoms with Crippen LogP contribution < -0.4 is 33.2 Å². The molecule has 14 nitrogen and oxygen atoms in total. The first kappa shape index (κ1) is 30.1. The Bertz CT molecular complexity index is 735. The molecule has 0 aliphatic rings. The summed E-state index contributed by atoms with van der Waals surface area (Å²) in [5.41, 5.74) is 16.0. The van der Waals surface area contributed by atoms with Crippen molar-refractivity contribution in [2.75, 3.05) is 12.0 Å². The smallest absolute Gasteiger partial charge is 0.328 e. The quantitative estimate of drug-likeness (QED) is 0.104. The Morgan fingerprint density at radius 3 is 1.88 bits per heavy atom. The second-order valence-electron chi connectivity index (χ2n) is 7.25. The van der Waals surface area contributed by atoms with Crippen LogP contribution >= 0.6 is 11.8 Å². The third kappa shape index (κ3) is 12.1. The summed E-state index contributed by atoms with van der Waals surface area (Å²) in [6.07, 6.45) is -0.623. The highest BCUT2D eigenvalue weighted by atomic mass is 32.2. The third-order valence-corrected chi connectivity index (χ3v) is 5.01. The molecule has 15 heteroatoms. The van der Waals surface area contributed by atoms with E-state index in [4.69, 9.17) is 22.3 Å². The van der Waals surface area contributed by atoms with Gasteiger partial charge in [-0.2, -0.15) is 11.8 Å². The first-order valence-electron chi connectivity index (χ1n) is 9.93. The number of nitrogens with two attached hydrogens (primary N) is 3. The van der Waals surface area contributed by atoms with Crippen LogP contribution in [0.1, 0.15) is 32.6 Å². The summed E-state index contributed by atoms with van der Waals surface area (Å²) in [6.45, 7) is 1.13. The van der Waals surface area contributed by atoms with Crippen LogP contribution in [0.3, 0.4) is 0 Å². The van der Waals surface area contributed by atoms with Crippen molar-refractivity contribution in [2.45, 2.75) is 62.9 Å². The lowest BCUT2D eigenvalue weighted by atomic mass is 10.1. The zero-order valence-electron chi connectivity index (χ0n) is 18.4. The molecule has 11 N–H and O–H groups in total. The van der Waals surface area contributed by atoms with E-state index in [1.165, 1.54) is 11.8 Å². The molecule has 0 saturated heterocycles. The van der Waals surface area contributed by atoms with Crippen molar-refractivity contribution in [2.24, 2.45) is 17.2 Å². The van der Waals surface area contributed by atoms with Gasteiger partial charge in [-0.15, -0.1) is 0 Å². The van der Waals surface area contributed by atoms with Gasteiger partial charge in [0.05, 0.1) is 18.6 Å². The summed E-state index contributed by atoms with van der Waals surface area (Å²) in [6, 6.07) is -5.60. The lowest BCUT2D eigenvalue weighted by molar-refractivity contribution is -0.145. The number of carbonyl (C=O) groups excluding carboxylic acids is 5. The Morgan fingerprint density at radius 1 is 0.879 bits per heavy atom. The van der Waals surface area contributed by atoms with Gasteiger partial charge in [0.25, 0.3) is 0 Å². The number of amides is 5. The topological polar surface area (TPSA) is 257 Å². The van der Waals surface area contributed by atoms with Crippen molar-refractivity contribution in [1.29, 1.82) is 0 Å². The molecule has 0 aliphatic carbocycles. The van der Waals surface area contributed by atoms with Crippen LogP contribution in [0.25, 0.3) is 0 Å². The Hall–Kier alpha value is -2.91. The number of aliphatic hydroxyl groups is 1. The van der Waals surface area contributed by atoms with Crippen molar-refractivity contribution >= 4 is 47.3 Å². The van der Waals surface area contributed by atoms with Gasteiger partial charge in [-0.25, -0.2) is 4.79 Å². The zero-order valence-corrected chi connectivity index (χ0v) is 19.2. The normalized spacial score (nSPS) is 15.3. The number of hydrogen-bond acceptors (Lipinski definition) is 9. The Labute approximate surface area is 194 Å². The molecule has 0 fully saturated rings. The van der Waals surface area contributed by atoms with Crippen molar-refractivity contribution in [1.82, 2.24) is 16.0 Å². The van der Waals surface area contributed by atoms with Gasteiger partial charge in [-0.3, -0.25) is 24.0 Å². The Balaban J connectivity index is 5.54. The molecular weight excluding hydrogens is 460 g/mol. The minimum Gasteiger partial charge on any atom is -0.480 e. The summed E-state index contributed by atoms with van der Waals surface area (Å²) in [5.74, 6) is -5.42. The molecule has 0 aromatic rings. The van der Waals surface area contributed by atoms with Crippen molar-refractivity contribution in [3.8, 4) is 0 Å². The molecule has 5 atom stereocenters. The molecule has 33 heavy (non-hydrogen) atoms. The fourth-order valence-electron chi connectivity index (χ4n) is 2.54. The molecule has 188 valence electrons. The molecule has 0 aromatic heterocycles. The second kappa shape index (κ2) is 15.0. The molecule has 5 amide bonds. The number of primary amides is 2. The molecule has 0 aromatic carbocycles. The molecule has 0 radical (unpaired) electrons. The summed E-state index contributed by atoms with van der Waals surface area (Å²) >= 11 is 1.46. The summed E-state index contributed by atoms with van der Waals surface area (Å²) < 4.78 is 0. The van der Waals surface area contributed by atoms with Gasteiger partial charge < -0.3 is 43.4 Å². The second-order valence-corrected chi connectivity index (χ2v) is 8.24. The largest absolute Gasteiger partial charge is 0.480 e. The number of carboxylic acids is 1. The van der Waals surface area contributed by atoms with E-state index in [0.29, 0.717) is 12.2 Å². The van der Waals surface area contributed by atoms with Gasteiger partial charge in [-0.05, 0) is 31.8 Å². The maximum Gasteiger partial charge on any atom is 0.328 e. The molecule has 5 unspecified atom stereocenters. The lowest BCUT2D eigenvalue weighted by Gasteiger charge is -2.25. The van der Waals surface area contributed by atoms with E-state index < -0.39 is 72.2 Å². The highest BCUT2D eigenvalue weighted by Gasteiger charge is 2.32. The van der Waals surface area contributed by atoms with Gasteiger partial charge >= 0.3 is 5.97 Å². The van der Waals surface area contributed by atoms with E-state index in [2.05, 4.69) is 16.0 Å². The third-order valence-electron chi connectivity index (χ3n) is 4.37. The maximum absolute atomic E-state index is 12.7. The minimum atomic E-state index is -1.69. The predicted molar refractivity (Wildman–Crippen MR) is 118 cm³/mol. The standard InChI is InChI=1S/C18H32N6O8S/c1-8(25)14(18(31)32)24-16(29)10(3-4-12(20)26)22-17(30)11(7-13(21)27)23-15(28)9(19)5-6-33-2/h8-11,14,25H,3-7,19H2,1-2H3,(H2,20,26)(H2,21,27)(H,22,30)(H,23,28)(H,24,29)(H,31,32). The van der Waals surface area contributed by atoms with E-state index in [1.54, 1.807) is 0 Å². The number of carboxylic acid groups (broad SMARTS) is 1. The highest BCUT2D eigenvalue weighted by molar-refractivity contribution is 7.98. The van der Waals surface area contributed by atoms with E-state index in [-0.39, 0.29) is 12.8 Å². The van der Waals surface area contributed by atoms with E-state index in [0.717, 1.165) is 6.92 Å². The number of thioether (sulfide) groups is 1. The van der Waals surface area contributed by atoms with Crippen molar-refractivity contribution < 1.29 is 39.0 Å². The summed E-state index contributed by atoms with van der Waals surface area (Å²) in [7, 11) is 0. The number of hydrogen-bond donors (Lipinski definition) is 8. The van der Waals surface area contributed by atoms with Crippen molar-refractivity contribution in [3.63, 3.8) is 0 Å². The highest BCUT2D eigenvalue weighted by Crippen LogP contribution is 2.04. The minimum absolute atomic E-state index is 0.303. The first-order chi connectivity index (χ1) is 15.3. The molecule has 0 heterocycles. The van der Waals surface area contributed by atoms with Gasteiger partial charge in [0.2, 0.25) is 29.5 Å². The van der Waals surface area contributed by atoms with Gasteiger partial charge in [0.15, 0.2) is 6.04 Å². The van der Waals surface area contributed by atoms with E-state index in [9.17, 15) is 33.9 Å². The van der Waals surface area contributed by atoms with Crippen LogP contribution in [0.15, 0.2) is 0 Å². The van der Waals surface area contributed by atoms with E-state index >= 15 is 0 Å². The number of nitrogens with one attached hydrogen (secondary N) is 3. The molecule has 0 saturated carbocycles. The number of aliphatic carboxylic acids is 1. The van der Waals surface area contributed by atoms with Crippen LogP contribution in [0.5, 0.6) is 0 Å². The van der Waals surface area contributed by atoms with Crippen LogP contribution in [0, 0.1) is 0 Å². The number of aliphatic hydroxyl groups excluding tert-OH is 1. The molecule has 0 rings (SSSR count). The SMILES string of the molecule is CSCCC(N)C(=O)NC(CC(N)=O)C(=O)NC(CCC(N)=O)C(=O)NC(C(=O)O)C(C)O. The van der Waals surface area contributed by atoms with Gasteiger partial charge in [0.1, 0.15) is 12.1 Å². The maximum atomic E-state index is 12.7. The number of carbonyl (C=O) groups is 6. The van der Waals surface area contributed by atoms with Gasteiger partial charge in [0, 0.05) is 6.42 Å².